The van der Waals surface area contributed by atoms with Crippen molar-refractivity contribution in [2.45, 2.75) is 38.1 Å². The van der Waals surface area contributed by atoms with Crippen LogP contribution >= 0.6 is 0 Å². The second-order valence-corrected chi connectivity index (χ2v) is 6.30. The molecule has 0 amide bonds. The Labute approximate surface area is 109 Å². The molecule has 1 heterocycles. The van der Waals surface area contributed by atoms with Gasteiger partial charge in [0, 0.05) is 25.7 Å². The summed E-state index contributed by atoms with van der Waals surface area (Å²) in [5.74, 6) is 1.25. The van der Waals surface area contributed by atoms with Gasteiger partial charge < -0.3 is 5.11 Å². The average Bonchev–Trinajstić information content (AvgIpc) is 2.88. The van der Waals surface area contributed by atoms with E-state index in [4.69, 9.17) is 5.11 Å². The van der Waals surface area contributed by atoms with Crippen LogP contribution in [0.3, 0.4) is 0 Å². The number of nitrogens with zero attached hydrogens (tertiary/aromatic N) is 2. The van der Waals surface area contributed by atoms with Crippen LogP contribution in [0, 0.1) is 11.8 Å². The highest BCUT2D eigenvalue weighted by atomic mass is 16.4. The normalized spacial score (nSPS) is 37.9. The first-order valence-corrected chi connectivity index (χ1v) is 7.40. The molecule has 2 aliphatic carbocycles. The molecule has 4 nitrogen and oxygen atoms in total. The van der Waals surface area contributed by atoms with Crippen molar-refractivity contribution in [2.24, 2.45) is 11.8 Å². The monoisotopic (exact) mass is 252 g/mol. The second kappa shape index (κ2) is 5.17. The minimum absolute atomic E-state index is 0.213. The number of carboxylic acid groups (broad SMARTS) is 1. The lowest BCUT2D eigenvalue weighted by atomic mass is 9.94. The molecule has 3 fully saturated rings. The van der Waals surface area contributed by atoms with Gasteiger partial charge in [0.2, 0.25) is 0 Å². The molecule has 4 heteroatoms. The molecule has 3 rings (SSSR count). The lowest BCUT2D eigenvalue weighted by Gasteiger charge is -2.33. The summed E-state index contributed by atoms with van der Waals surface area (Å²) < 4.78 is 0. The topological polar surface area (TPSA) is 43.8 Å². The van der Waals surface area contributed by atoms with Crippen LogP contribution in [-0.2, 0) is 4.79 Å². The molecule has 1 N–H and O–H groups in total. The largest absolute Gasteiger partial charge is 0.480 e. The molecule has 102 valence electrons. The third-order valence-electron chi connectivity index (χ3n) is 5.15. The summed E-state index contributed by atoms with van der Waals surface area (Å²) in [6.07, 6.45) is 6.88. The Morgan fingerprint density at radius 1 is 1.11 bits per heavy atom. The molecule has 0 spiro atoms. The molecule has 1 aliphatic heterocycles. The lowest BCUT2D eigenvalue weighted by molar-refractivity contribution is -0.138. The summed E-state index contributed by atoms with van der Waals surface area (Å²) in [6.45, 7) is 4.33. The molecule has 0 aromatic rings. The van der Waals surface area contributed by atoms with Crippen molar-refractivity contribution in [3.8, 4) is 0 Å². The Balaban J connectivity index is 1.54. The number of fused-ring (bicyclic) bond motifs is 2. The van der Waals surface area contributed by atoms with Crippen molar-refractivity contribution in [1.82, 2.24) is 9.80 Å². The minimum Gasteiger partial charge on any atom is -0.480 e. The number of rotatable bonds is 3. The third kappa shape index (κ3) is 2.54. The summed E-state index contributed by atoms with van der Waals surface area (Å²) in [5, 5.41) is 8.87. The van der Waals surface area contributed by atoms with Gasteiger partial charge in [-0.15, -0.1) is 0 Å². The number of hydrogen-bond donors (Lipinski definition) is 1. The fourth-order valence-electron chi connectivity index (χ4n) is 4.33. The molecule has 0 aromatic heterocycles. The molecule has 18 heavy (non-hydrogen) atoms. The van der Waals surface area contributed by atoms with Crippen LogP contribution in [0.2, 0.25) is 0 Å². The summed E-state index contributed by atoms with van der Waals surface area (Å²) >= 11 is 0. The number of carbonyl (C=O) groups is 1. The Kier molecular flexibility index (Phi) is 3.57. The number of hydrogen-bond acceptors (Lipinski definition) is 3. The summed E-state index contributed by atoms with van der Waals surface area (Å²) in [5.41, 5.74) is 0. The van der Waals surface area contributed by atoms with Crippen LogP contribution in [0.1, 0.15) is 32.1 Å². The lowest BCUT2D eigenvalue weighted by Crippen LogP contribution is -2.41. The number of carboxylic acids is 1. The average molecular weight is 252 g/mol. The fourth-order valence-corrected chi connectivity index (χ4v) is 4.33. The van der Waals surface area contributed by atoms with E-state index < -0.39 is 5.97 Å². The van der Waals surface area contributed by atoms with Gasteiger partial charge in [0.25, 0.3) is 0 Å². The quantitative estimate of drug-likeness (QED) is 0.821. The zero-order valence-electron chi connectivity index (χ0n) is 11.1. The fraction of sp³-hybridized carbons (Fsp3) is 0.929. The van der Waals surface area contributed by atoms with E-state index >= 15 is 0 Å². The second-order valence-electron chi connectivity index (χ2n) is 6.30. The maximum Gasteiger partial charge on any atom is 0.317 e. The predicted molar refractivity (Wildman–Crippen MR) is 69.5 cm³/mol. The van der Waals surface area contributed by atoms with Crippen LogP contribution in [0.25, 0.3) is 0 Å². The molecule has 3 atom stereocenters. The first-order chi connectivity index (χ1) is 8.72. The van der Waals surface area contributed by atoms with Crippen LogP contribution < -0.4 is 0 Å². The van der Waals surface area contributed by atoms with E-state index in [1.165, 1.54) is 32.2 Å². The van der Waals surface area contributed by atoms with Crippen molar-refractivity contribution in [3.05, 3.63) is 0 Å². The van der Waals surface area contributed by atoms with Crippen molar-refractivity contribution in [1.29, 1.82) is 0 Å². The van der Waals surface area contributed by atoms with Crippen LogP contribution in [0.15, 0.2) is 0 Å². The molecule has 1 saturated heterocycles. The van der Waals surface area contributed by atoms with Gasteiger partial charge in [0.05, 0.1) is 6.54 Å². The predicted octanol–water partition coefficient (Wildman–Crippen LogP) is 1.27. The minimum atomic E-state index is -0.691. The molecular weight excluding hydrogens is 228 g/mol. The van der Waals surface area contributed by atoms with E-state index in [1.807, 2.05) is 0 Å². The molecule has 3 unspecified atom stereocenters. The standard InChI is InChI=1S/C14H24N2O2/c17-14(18)10-15-4-1-5-16(7-6-15)13-9-11-2-3-12(13)8-11/h11-13H,1-10H2,(H,17,18). The van der Waals surface area contributed by atoms with E-state index in [1.54, 1.807) is 0 Å². The van der Waals surface area contributed by atoms with Gasteiger partial charge in [-0.1, -0.05) is 6.42 Å². The summed E-state index contributed by atoms with van der Waals surface area (Å²) in [7, 11) is 0. The molecule has 0 aromatic carbocycles. The Hall–Kier alpha value is -0.610. The Bertz CT molecular complexity index is 321. The van der Waals surface area contributed by atoms with E-state index in [2.05, 4.69) is 9.80 Å². The Morgan fingerprint density at radius 3 is 2.67 bits per heavy atom. The van der Waals surface area contributed by atoms with Crippen LogP contribution in [-0.4, -0.2) is 59.6 Å². The van der Waals surface area contributed by atoms with Crippen molar-refractivity contribution in [3.63, 3.8) is 0 Å². The van der Waals surface area contributed by atoms with Crippen molar-refractivity contribution >= 4 is 5.97 Å². The van der Waals surface area contributed by atoms with Gasteiger partial charge in [-0.2, -0.15) is 0 Å². The maximum absolute atomic E-state index is 10.8. The van der Waals surface area contributed by atoms with Gasteiger partial charge in [0.1, 0.15) is 0 Å². The third-order valence-corrected chi connectivity index (χ3v) is 5.15. The molecule has 3 aliphatic rings. The summed E-state index contributed by atoms with van der Waals surface area (Å²) in [6, 6.07) is 0.813. The summed E-state index contributed by atoms with van der Waals surface area (Å²) in [4.78, 5) is 15.5. The molecular formula is C14H24N2O2. The highest BCUT2D eigenvalue weighted by molar-refractivity contribution is 5.69. The van der Waals surface area contributed by atoms with Gasteiger partial charge >= 0.3 is 5.97 Å². The SMILES string of the molecule is O=C(O)CN1CCCN(C2CC3CCC2C3)CC1. The van der Waals surface area contributed by atoms with E-state index in [0.29, 0.717) is 0 Å². The molecule has 0 radical (unpaired) electrons. The van der Waals surface area contributed by atoms with E-state index in [0.717, 1.165) is 43.9 Å². The van der Waals surface area contributed by atoms with Crippen LogP contribution in [0.5, 0.6) is 0 Å². The highest BCUT2D eigenvalue weighted by Crippen LogP contribution is 2.46. The number of aliphatic carboxylic acids is 1. The molecule has 2 bridgehead atoms. The smallest absolute Gasteiger partial charge is 0.317 e. The van der Waals surface area contributed by atoms with Crippen molar-refractivity contribution < 1.29 is 9.90 Å². The van der Waals surface area contributed by atoms with Crippen LogP contribution in [0.4, 0.5) is 0 Å². The van der Waals surface area contributed by atoms with Crippen molar-refractivity contribution in [2.75, 3.05) is 32.7 Å². The zero-order chi connectivity index (χ0) is 12.5. The van der Waals surface area contributed by atoms with Gasteiger partial charge in [-0.3, -0.25) is 14.6 Å². The Morgan fingerprint density at radius 2 is 2.00 bits per heavy atom. The molecule has 2 saturated carbocycles. The van der Waals surface area contributed by atoms with Gasteiger partial charge in [-0.25, -0.2) is 0 Å². The first kappa shape index (κ1) is 12.4. The van der Waals surface area contributed by atoms with E-state index in [-0.39, 0.29) is 6.54 Å². The van der Waals surface area contributed by atoms with Gasteiger partial charge in [-0.05, 0) is 44.1 Å². The maximum atomic E-state index is 10.8. The highest BCUT2D eigenvalue weighted by Gasteiger charge is 2.42. The van der Waals surface area contributed by atoms with Gasteiger partial charge in [0.15, 0.2) is 0 Å². The zero-order valence-corrected chi connectivity index (χ0v) is 11.1. The first-order valence-electron chi connectivity index (χ1n) is 7.40. The van der Waals surface area contributed by atoms with E-state index in [9.17, 15) is 4.79 Å².